The molecule has 4 heteroatoms. The monoisotopic (exact) mass is 323 g/mol. The Balaban J connectivity index is 1.92. The molecule has 24 heavy (non-hydrogen) atoms. The Hall–Kier alpha value is -2.33. The number of H-pyrrole nitrogens is 1. The van der Waals surface area contributed by atoms with Crippen LogP contribution in [0.5, 0.6) is 0 Å². The van der Waals surface area contributed by atoms with Crippen LogP contribution >= 0.6 is 0 Å². The van der Waals surface area contributed by atoms with Gasteiger partial charge in [0.2, 0.25) is 0 Å². The minimum absolute atomic E-state index is 0.0366. The van der Waals surface area contributed by atoms with Gasteiger partial charge in [0.25, 0.3) is 0 Å². The zero-order valence-corrected chi connectivity index (χ0v) is 14.1. The first-order valence-corrected chi connectivity index (χ1v) is 8.34. The number of aromatic amines is 1. The molecule has 1 unspecified atom stereocenters. The molecule has 3 nitrogen and oxygen atoms in total. The number of fused-ring (bicyclic) bond motifs is 1. The average molecular weight is 323 g/mol. The number of halogens is 1. The molecule has 1 aromatic heterocycles. The van der Waals surface area contributed by atoms with E-state index in [0.717, 1.165) is 47.2 Å². The van der Waals surface area contributed by atoms with Crippen LogP contribution in [0.2, 0.25) is 0 Å². The molecule has 0 bridgehead atoms. The maximum Gasteiger partial charge on any atom is 0.123 e. The lowest BCUT2D eigenvalue weighted by Crippen LogP contribution is -2.19. The van der Waals surface area contributed by atoms with Crippen LogP contribution in [-0.2, 0) is 6.54 Å². The molecule has 0 saturated heterocycles. The minimum atomic E-state index is -0.204. The van der Waals surface area contributed by atoms with E-state index < -0.39 is 0 Å². The molecule has 1 aromatic carbocycles. The molecule has 0 fully saturated rings. The van der Waals surface area contributed by atoms with Crippen molar-refractivity contribution in [2.45, 2.75) is 25.4 Å². The van der Waals surface area contributed by atoms with Crippen LogP contribution in [0.3, 0.4) is 0 Å². The van der Waals surface area contributed by atoms with Gasteiger partial charge in [-0.25, -0.2) is 4.39 Å². The summed E-state index contributed by atoms with van der Waals surface area (Å²) < 4.78 is 13.9. The first-order valence-electron chi connectivity index (χ1n) is 8.34. The topological polar surface area (TPSA) is 31.1 Å². The maximum absolute atomic E-state index is 13.9. The van der Waals surface area contributed by atoms with Gasteiger partial charge in [0.1, 0.15) is 5.82 Å². The van der Waals surface area contributed by atoms with Crippen molar-refractivity contribution in [1.29, 1.82) is 0 Å². The highest BCUT2D eigenvalue weighted by molar-refractivity contribution is 5.86. The van der Waals surface area contributed by atoms with E-state index in [0.29, 0.717) is 0 Å². The summed E-state index contributed by atoms with van der Waals surface area (Å²) in [5.41, 5.74) is 6.82. The van der Waals surface area contributed by atoms with Crippen LogP contribution in [-0.4, -0.2) is 24.0 Å². The molecule has 2 heterocycles. The molecule has 2 N–H and O–H groups in total. The van der Waals surface area contributed by atoms with Gasteiger partial charge in [0.05, 0.1) is 6.04 Å². The van der Waals surface area contributed by atoms with Crippen molar-refractivity contribution in [3.63, 3.8) is 0 Å². The normalized spacial score (nSPS) is 20.2. The van der Waals surface area contributed by atoms with Gasteiger partial charge < -0.3 is 15.2 Å². The molecule has 0 radical (unpaired) electrons. The van der Waals surface area contributed by atoms with Gasteiger partial charge in [0.15, 0.2) is 0 Å². The number of hydrogen-bond donors (Lipinski definition) is 2. The molecule has 0 amide bonds. The Morgan fingerprint density at radius 3 is 2.96 bits per heavy atom. The number of allylic oxidation sites excluding steroid dienone is 2. The molecule has 1 aliphatic carbocycles. The number of aromatic nitrogens is 1. The second kappa shape index (κ2) is 5.64. The zero-order chi connectivity index (χ0) is 16.8. The van der Waals surface area contributed by atoms with Crippen LogP contribution in [0.1, 0.15) is 30.1 Å². The molecule has 1 aliphatic heterocycles. The highest BCUT2D eigenvalue weighted by atomic mass is 19.1. The zero-order valence-electron chi connectivity index (χ0n) is 14.1. The predicted molar refractivity (Wildman–Crippen MR) is 96.1 cm³/mol. The molecular weight excluding hydrogens is 301 g/mol. The largest absolute Gasteiger partial charge is 0.374 e. The van der Waals surface area contributed by atoms with Crippen molar-refractivity contribution >= 4 is 10.9 Å². The highest BCUT2D eigenvalue weighted by Gasteiger charge is 2.32. The van der Waals surface area contributed by atoms with Gasteiger partial charge in [-0.2, -0.15) is 0 Å². The molecule has 4 rings (SSSR count). The van der Waals surface area contributed by atoms with Crippen molar-refractivity contribution in [3.05, 3.63) is 70.8 Å². The first-order chi connectivity index (χ1) is 11.5. The average Bonchev–Trinajstić information content (AvgIpc) is 3.04. The van der Waals surface area contributed by atoms with Crippen molar-refractivity contribution in [1.82, 2.24) is 15.2 Å². The smallest absolute Gasteiger partial charge is 0.123 e. The third-order valence-electron chi connectivity index (χ3n) is 4.85. The fourth-order valence-electron chi connectivity index (χ4n) is 3.86. The van der Waals surface area contributed by atoms with Gasteiger partial charge in [-0.05, 0) is 56.3 Å². The summed E-state index contributed by atoms with van der Waals surface area (Å²) in [7, 11) is 4.09. The van der Waals surface area contributed by atoms with E-state index >= 15 is 0 Å². The lowest BCUT2D eigenvalue weighted by atomic mass is 9.91. The summed E-state index contributed by atoms with van der Waals surface area (Å²) >= 11 is 0. The van der Waals surface area contributed by atoms with Crippen LogP contribution in [0.25, 0.3) is 10.9 Å². The quantitative estimate of drug-likeness (QED) is 0.888. The Kier molecular flexibility index (Phi) is 3.57. The number of nitrogens with one attached hydrogen (secondary N) is 2. The van der Waals surface area contributed by atoms with Gasteiger partial charge >= 0.3 is 0 Å². The summed E-state index contributed by atoms with van der Waals surface area (Å²) in [5, 5.41) is 4.49. The molecule has 124 valence electrons. The number of hydrogen-bond acceptors (Lipinski definition) is 2. The van der Waals surface area contributed by atoms with Gasteiger partial charge in [-0.15, -0.1) is 0 Å². The van der Waals surface area contributed by atoms with Crippen molar-refractivity contribution in [2.75, 3.05) is 14.1 Å². The number of nitrogens with zero attached hydrogens (tertiary/aromatic N) is 1. The van der Waals surface area contributed by atoms with E-state index in [4.69, 9.17) is 0 Å². The lowest BCUT2D eigenvalue weighted by molar-refractivity contribution is 0.395. The SMILES string of the molecule is C=C1NC(c2c(CN(C)C)[nH]c3ccc(F)cc23)C2=C1CCC=C2. The Bertz CT molecular complexity index is 886. The lowest BCUT2D eigenvalue weighted by Gasteiger charge is -2.19. The summed E-state index contributed by atoms with van der Waals surface area (Å²) in [6.45, 7) is 4.97. The Morgan fingerprint density at radius 1 is 1.33 bits per heavy atom. The molecule has 1 atom stereocenters. The van der Waals surface area contributed by atoms with Gasteiger partial charge in [0, 0.05) is 34.4 Å². The van der Waals surface area contributed by atoms with E-state index in [1.54, 1.807) is 6.07 Å². The van der Waals surface area contributed by atoms with Crippen LogP contribution < -0.4 is 5.32 Å². The standard InChI is InChI=1S/C20H22FN3/c1-12-14-6-4-5-7-15(14)20(22-12)19-16-10-13(21)8-9-17(16)23-18(19)11-24(2)3/h5,7-10,20,22-23H,1,4,6,11H2,2-3H3. The summed E-state index contributed by atoms with van der Waals surface area (Å²) in [6, 6.07) is 5.00. The van der Waals surface area contributed by atoms with Gasteiger partial charge in [-0.1, -0.05) is 18.7 Å². The summed E-state index contributed by atoms with van der Waals surface area (Å²) in [6.07, 6.45) is 6.49. The minimum Gasteiger partial charge on any atom is -0.374 e. The number of benzene rings is 1. The molecule has 2 aromatic rings. The van der Waals surface area contributed by atoms with E-state index in [1.165, 1.54) is 17.2 Å². The third-order valence-corrected chi connectivity index (χ3v) is 4.85. The highest BCUT2D eigenvalue weighted by Crippen LogP contribution is 2.43. The summed E-state index contributed by atoms with van der Waals surface area (Å²) in [5.74, 6) is -0.204. The van der Waals surface area contributed by atoms with Crippen LogP contribution in [0, 0.1) is 5.82 Å². The fourth-order valence-corrected chi connectivity index (χ4v) is 3.86. The fraction of sp³-hybridized carbons (Fsp3) is 0.300. The second-order valence-corrected chi connectivity index (χ2v) is 6.88. The van der Waals surface area contributed by atoms with E-state index in [9.17, 15) is 4.39 Å². The second-order valence-electron chi connectivity index (χ2n) is 6.88. The molecule has 0 saturated carbocycles. The maximum atomic E-state index is 13.9. The molecule has 2 aliphatic rings. The van der Waals surface area contributed by atoms with Crippen LogP contribution in [0.4, 0.5) is 4.39 Å². The number of rotatable bonds is 3. The van der Waals surface area contributed by atoms with E-state index in [-0.39, 0.29) is 11.9 Å². The van der Waals surface area contributed by atoms with Crippen molar-refractivity contribution in [3.8, 4) is 0 Å². The molecule has 0 spiro atoms. The van der Waals surface area contributed by atoms with Crippen molar-refractivity contribution < 1.29 is 4.39 Å². The molecular formula is C20H22FN3. The Labute approximate surface area is 141 Å². The van der Waals surface area contributed by atoms with Crippen LogP contribution in [0.15, 0.2) is 53.8 Å². The first kappa shape index (κ1) is 15.2. The van der Waals surface area contributed by atoms with E-state index in [1.807, 2.05) is 20.2 Å². The predicted octanol–water partition coefficient (Wildman–Crippen LogP) is 4.17. The third kappa shape index (κ3) is 2.38. The van der Waals surface area contributed by atoms with Crippen molar-refractivity contribution in [2.24, 2.45) is 0 Å². The van der Waals surface area contributed by atoms with E-state index in [2.05, 4.69) is 33.9 Å². The summed E-state index contributed by atoms with van der Waals surface area (Å²) in [4.78, 5) is 5.61. The Morgan fingerprint density at radius 2 is 2.17 bits per heavy atom. The van der Waals surface area contributed by atoms with Gasteiger partial charge in [-0.3, -0.25) is 0 Å².